The summed E-state index contributed by atoms with van der Waals surface area (Å²) in [5, 5.41) is 17.2. The van der Waals surface area contributed by atoms with E-state index in [2.05, 4.69) is 38.3 Å². The van der Waals surface area contributed by atoms with E-state index in [0.29, 0.717) is 0 Å². The molecule has 0 spiro atoms. The van der Waals surface area contributed by atoms with Crippen molar-refractivity contribution >= 4 is 0 Å². The van der Waals surface area contributed by atoms with E-state index < -0.39 is 5.60 Å². The normalized spacial score (nSPS) is 30.5. The van der Waals surface area contributed by atoms with Crippen molar-refractivity contribution in [2.75, 3.05) is 19.6 Å². The van der Waals surface area contributed by atoms with Crippen molar-refractivity contribution in [2.24, 2.45) is 5.92 Å². The molecule has 0 bridgehead atoms. The average molecular weight is 242 g/mol. The Bertz CT molecular complexity index is 215. The summed E-state index contributed by atoms with van der Waals surface area (Å²) < 4.78 is 0. The fourth-order valence-corrected chi connectivity index (χ4v) is 2.32. The summed E-state index contributed by atoms with van der Waals surface area (Å²) in [6.45, 7) is 11.4. The van der Waals surface area contributed by atoms with E-state index >= 15 is 0 Å². The highest BCUT2D eigenvalue weighted by Gasteiger charge is 2.31. The first-order chi connectivity index (χ1) is 7.81. The Hall–Kier alpha value is -0.120. The summed E-state index contributed by atoms with van der Waals surface area (Å²) in [6.07, 6.45) is 4.23. The van der Waals surface area contributed by atoms with Gasteiger partial charge in [0.05, 0.1) is 5.60 Å². The molecule has 3 N–H and O–H groups in total. The van der Waals surface area contributed by atoms with Crippen LogP contribution >= 0.6 is 0 Å². The molecule has 0 heterocycles. The quantitative estimate of drug-likeness (QED) is 0.645. The van der Waals surface area contributed by atoms with Gasteiger partial charge in [-0.25, -0.2) is 0 Å². The molecule has 17 heavy (non-hydrogen) atoms. The Morgan fingerprint density at radius 1 is 1.18 bits per heavy atom. The van der Waals surface area contributed by atoms with Gasteiger partial charge in [0.2, 0.25) is 0 Å². The summed E-state index contributed by atoms with van der Waals surface area (Å²) in [4.78, 5) is 0. The molecular formula is C14H30N2O. The highest BCUT2D eigenvalue weighted by molar-refractivity contribution is 4.86. The molecule has 1 saturated carbocycles. The lowest BCUT2D eigenvalue weighted by Gasteiger charge is -2.35. The van der Waals surface area contributed by atoms with Crippen LogP contribution in [0.15, 0.2) is 0 Å². The van der Waals surface area contributed by atoms with Crippen molar-refractivity contribution < 1.29 is 5.11 Å². The zero-order valence-corrected chi connectivity index (χ0v) is 12.0. The van der Waals surface area contributed by atoms with Crippen LogP contribution < -0.4 is 10.6 Å². The van der Waals surface area contributed by atoms with Crippen LogP contribution in [0.1, 0.15) is 53.4 Å². The molecule has 1 aliphatic rings. The predicted octanol–water partition coefficient (Wildman–Crippen LogP) is 1.91. The van der Waals surface area contributed by atoms with Gasteiger partial charge in [-0.2, -0.15) is 0 Å². The van der Waals surface area contributed by atoms with Gasteiger partial charge in [-0.05, 0) is 52.4 Å². The van der Waals surface area contributed by atoms with Crippen molar-refractivity contribution in [3.8, 4) is 0 Å². The smallest absolute Gasteiger partial charge is 0.0771 e. The average Bonchev–Trinajstić information content (AvgIpc) is 2.21. The van der Waals surface area contributed by atoms with Crippen molar-refractivity contribution in [3.63, 3.8) is 0 Å². The lowest BCUT2D eigenvalue weighted by molar-refractivity contribution is -0.00586. The van der Waals surface area contributed by atoms with Crippen molar-refractivity contribution in [1.29, 1.82) is 0 Å². The Morgan fingerprint density at radius 3 is 2.29 bits per heavy atom. The molecule has 3 nitrogen and oxygen atoms in total. The fraction of sp³-hybridized carbons (Fsp3) is 1.00. The van der Waals surface area contributed by atoms with E-state index in [1.54, 1.807) is 0 Å². The second kappa shape index (κ2) is 6.17. The standard InChI is InChI=1S/C14H30N2O/c1-12-5-7-14(17,8-6-12)11-15-9-10-16-13(2,3)4/h12,15-17H,5-11H2,1-4H3. The monoisotopic (exact) mass is 242 g/mol. The van der Waals surface area contributed by atoms with Gasteiger partial charge < -0.3 is 15.7 Å². The molecule has 0 amide bonds. The van der Waals surface area contributed by atoms with Crippen LogP contribution in [0.25, 0.3) is 0 Å². The summed E-state index contributed by atoms with van der Waals surface area (Å²) in [7, 11) is 0. The van der Waals surface area contributed by atoms with E-state index in [1.807, 2.05) is 0 Å². The molecule has 0 aromatic rings. The molecule has 1 aliphatic carbocycles. The van der Waals surface area contributed by atoms with Gasteiger partial charge in [0.15, 0.2) is 0 Å². The first-order valence-corrected chi connectivity index (χ1v) is 6.99. The second-order valence-corrected chi connectivity index (χ2v) is 6.76. The number of hydrogen-bond acceptors (Lipinski definition) is 3. The minimum Gasteiger partial charge on any atom is -0.389 e. The Labute approximate surface area is 106 Å². The van der Waals surface area contributed by atoms with Crippen LogP contribution in [0.3, 0.4) is 0 Å². The minimum absolute atomic E-state index is 0.179. The Balaban J connectivity index is 2.10. The summed E-state index contributed by atoms with van der Waals surface area (Å²) in [5.41, 5.74) is -0.271. The van der Waals surface area contributed by atoms with Crippen molar-refractivity contribution in [2.45, 2.75) is 64.5 Å². The SMILES string of the molecule is CC1CCC(O)(CNCCNC(C)(C)C)CC1. The number of rotatable bonds is 5. The molecule has 1 rings (SSSR count). The zero-order valence-electron chi connectivity index (χ0n) is 12.0. The minimum atomic E-state index is -0.450. The maximum Gasteiger partial charge on any atom is 0.0771 e. The van der Waals surface area contributed by atoms with Gasteiger partial charge in [-0.3, -0.25) is 0 Å². The van der Waals surface area contributed by atoms with Crippen LogP contribution in [0.4, 0.5) is 0 Å². The number of nitrogens with one attached hydrogen (secondary N) is 2. The summed E-state index contributed by atoms with van der Waals surface area (Å²) >= 11 is 0. The summed E-state index contributed by atoms with van der Waals surface area (Å²) in [5.74, 6) is 0.790. The molecule has 0 radical (unpaired) electrons. The molecular weight excluding hydrogens is 212 g/mol. The molecule has 0 aromatic carbocycles. The molecule has 0 aliphatic heterocycles. The molecule has 3 heteroatoms. The second-order valence-electron chi connectivity index (χ2n) is 6.76. The first-order valence-electron chi connectivity index (χ1n) is 6.99. The topological polar surface area (TPSA) is 44.3 Å². The van der Waals surface area contributed by atoms with Gasteiger partial charge in [0, 0.05) is 25.2 Å². The van der Waals surface area contributed by atoms with Crippen LogP contribution in [0.5, 0.6) is 0 Å². The Morgan fingerprint density at radius 2 is 1.76 bits per heavy atom. The lowest BCUT2D eigenvalue weighted by atomic mass is 9.79. The highest BCUT2D eigenvalue weighted by Crippen LogP contribution is 2.31. The molecule has 1 fully saturated rings. The summed E-state index contributed by atoms with van der Waals surface area (Å²) in [6, 6.07) is 0. The fourth-order valence-electron chi connectivity index (χ4n) is 2.32. The number of aliphatic hydroxyl groups is 1. The van der Waals surface area contributed by atoms with Gasteiger partial charge in [0.1, 0.15) is 0 Å². The van der Waals surface area contributed by atoms with Crippen molar-refractivity contribution in [3.05, 3.63) is 0 Å². The molecule has 0 atom stereocenters. The highest BCUT2D eigenvalue weighted by atomic mass is 16.3. The van der Waals surface area contributed by atoms with Gasteiger partial charge >= 0.3 is 0 Å². The maximum absolute atomic E-state index is 10.4. The lowest BCUT2D eigenvalue weighted by Crippen LogP contribution is -2.46. The predicted molar refractivity (Wildman–Crippen MR) is 73.2 cm³/mol. The molecule has 0 saturated heterocycles. The molecule has 102 valence electrons. The molecule has 0 aromatic heterocycles. The molecule has 0 unspecified atom stereocenters. The third-order valence-corrected chi connectivity index (χ3v) is 3.62. The van der Waals surface area contributed by atoms with Crippen molar-refractivity contribution in [1.82, 2.24) is 10.6 Å². The van der Waals surface area contributed by atoms with E-state index in [0.717, 1.165) is 38.4 Å². The van der Waals surface area contributed by atoms with Crippen LogP contribution in [0, 0.1) is 5.92 Å². The third kappa shape index (κ3) is 6.39. The first kappa shape index (κ1) is 14.9. The zero-order chi connectivity index (χ0) is 12.9. The van der Waals surface area contributed by atoms with Crippen LogP contribution in [-0.2, 0) is 0 Å². The third-order valence-electron chi connectivity index (χ3n) is 3.62. The van der Waals surface area contributed by atoms with E-state index in [-0.39, 0.29) is 5.54 Å². The Kier molecular flexibility index (Phi) is 5.42. The van der Waals surface area contributed by atoms with Crippen LogP contribution in [-0.4, -0.2) is 35.9 Å². The number of hydrogen-bond donors (Lipinski definition) is 3. The largest absolute Gasteiger partial charge is 0.389 e. The van der Waals surface area contributed by atoms with E-state index in [1.165, 1.54) is 12.8 Å². The van der Waals surface area contributed by atoms with Gasteiger partial charge in [-0.15, -0.1) is 0 Å². The maximum atomic E-state index is 10.4. The van der Waals surface area contributed by atoms with Gasteiger partial charge in [0.25, 0.3) is 0 Å². The van der Waals surface area contributed by atoms with Gasteiger partial charge in [-0.1, -0.05) is 6.92 Å². The van der Waals surface area contributed by atoms with Crippen LogP contribution in [0.2, 0.25) is 0 Å². The van der Waals surface area contributed by atoms with E-state index in [4.69, 9.17) is 0 Å². The van der Waals surface area contributed by atoms with E-state index in [9.17, 15) is 5.11 Å².